The van der Waals surface area contributed by atoms with Crippen molar-refractivity contribution in [1.29, 1.82) is 0 Å². The van der Waals surface area contributed by atoms with Gasteiger partial charge in [-0.05, 0) is 39.4 Å². The highest BCUT2D eigenvalue weighted by molar-refractivity contribution is 6.22. The topological polar surface area (TPSA) is 144 Å². The maximum Gasteiger partial charge on any atom is 0.344 e. The van der Waals surface area contributed by atoms with Crippen molar-refractivity contribution in [3.8, 4) is 0 Å². The van der Waals surface area contributed by atoms with Crippen molar-refractivity contribution in [1.82, 2.24) is 10.2 Å². The number of hydrogen-bond acceptors (Lipinski definition) is 8. The third-order valence-corrected chi connectivity index (χ3v) is 6.27. The Hall–Kier alpha value is -2.46. The summed E-state index contributed by atoms with van der Waals surface area (Å²) in [4.78, 5) is 52.3. The first kappa shape index (κ1) is 28.6. The average Bonchev–Trinajstić information content (AvgIpc) is 2.77. The largest absolute Gasteiger partial charge is 0.479 e. The first-order valence-electron chi connectivity index (χ1n) is 10.9. The number of likely N-dealkylation sites (N-methyl/N-ethyl adjacent to an activating group) is 2. The number of ketones is 3. The van der Waals surface area contributed by atoms with Crippen LogP contribution in [0.25, 0.3) is 0 Å². The van der Waals surface area contributed by atoms with Crippen molar-refractivity contribution in [2.45, 2.75) is 70.4 Å². The van der Waals surface area contributed by atoms with Gasteiger partial charge in [0.25, 0.3) is 0 Å². The minimum absolute atomic E-state index is 0.190. The number of rotatable bonds is 14. The van der Waals surface area contributed by atoms with E-state index in [-0.39, 0.29) is 5.92 Å². The molecule has 1 aromatic rings. The summed E-state index contributed by atoms with van der Waals surface area (Å²) in [5.41, 5.74) is -5.19. The maximum absolute atomic E-state index is 13.0. The van der Waals surface area contributed by atoms with Gasteiger partial charge in [0.05, 0.1) is 18.5 Å². The van der Waals surface area contributed by atoms with E-state index in [0.29, 0.717) is 13.0 Å². The number of nitrogens with zero attached hydrogens (tertiary/aromatic N) is 1. The van der Waals surface area contributed by atoms with Crippen LogP contribution in [0.3, 0.4) is 0 Å². The lowest BCUT2D eigenvalue weighted by Crippen LogP contribution is -2.63. The zero-order chi connectivity index (χ0) is 25.6. The molecule has 0 aromatic heterocycles. The SMILES string of the molecule is CCC(C)[C@H](NC)C(=O)CC(O)(C(=O)O)C(=O)C(C)(O)C(=O)[C@H](C)N(C)Cc1ccccc1. The molecule has 3 unspecified atom stereocenters. The molecule has 0 saturated carbocycles. The van der Waals surface area contributed by atoms with E-state index in [4.69, 9.17) is 0 Å². The fourth-order valence-electron chi connectivity index (χ4n) is 3.74. The highest BCUT2D eigenvalue weighted by Gasteiger charge is 2.57. The van der Waals surface area contributed by atoms with Gasteiger partial charge in [0.1, 0.15) is 0 Å². The fraction of sp³-hybridized carbons (Fsp3) is 0.583. The van der Waals surface area contributed by atoms with Crippen molar-refractivity contribution in [2.24, 2.45) is 5.92 Å². The number of carboxylic acids is 1. The minimum atomic E-state index is -3.25. The van der Waals surface area contributed by atoms with Crippen molar-refractivity contribution in [3.05, 3.63) is 35.9 Å². The Morgan fingerprint density at radius 2 is 1.64 bits per heavy atom. The van der Waals surface area contributed by atoms with E-state index in [2.05, 4.69) is 5.32 Å². The first-order chi connectivity index (χ1) is 15.2. The van der Waals surface area contributed by atoms with Crippen LogP contribution < -0.4 is 5.32 Å². The zero-order valence-electron chi connectivity index (χ0n) is 20.2. The van der Waals surface area contributed by atoms with Gasteiger partial charge in [-0.15, -0.1) is 0 Å². The quantitative estimate of drug-likeness (QED) is 0.294. The zero-order valence-corrected chi connectivity index (χ0v) is 20.2. The fourth-order valence-corrected chi connectivity index (χ4v) is 3.74. The predicted octanol–water partition coefficient (Wildman–Crippen LogP) is 0.805. The molecule has 0 radical (unpaired) electrons. The lowest BCUT2D eigenvalue weighted by molar-refractivity contribution is -0.178. The van der Waals surface area contributed by atoms with Crippen molar-refractivity contribution in [3.63, 3.8) is 0 Å². The molecular weight excluding hydrogens is 428 g/mol. The summed E-state index contributed by atoms with van der Waals surface area (Å²) in [6.07, 6.45) is -0.479. The Labute approximate surface area is 194 Å². The number of benzene rings is 1. The molecule has 0 spiro atoms. The number of Topliss-reactive ketones (excluding diaryl/α,β-unsaturated/α-hetero) is 3. The van der Waals surface area contributed by atoms with Crippen LogP contribution in [0.2, 0.25) is 0 Å². The molecule has 0 fully saturated rings. The molecule has 0 aliphatic heterocycles. The molecule has 0 saturated heterocycles. The number of carbonyl (C=O) groups is 4. The molecular formula is C24H36N2O7. The number of aliphatic hydroxyl groups is 2. The highest BCUT2D eigenvalue weighted by atomic mass is 16.4. The van der Waals surface area contributed by atoms with Crippen molar-refractivity contribution < 1.29 is 34.5 Å². The summed E-state index contributed by atoms with van der Waals surface area (Å²) < 4.78 is 0. The van der Waals surface area contributed by atoms with Gasteiger partial charge >= 0.3 is 5.97 Å². The number of hydrogen-bond donors (Lipinski definition) is 4. The van der Waals surface area contributed by atoms with Crippen LogP contribution >= 0.6 is 0 Å². The Bertz CT molecular complexity index is 856. The van der Waals surface area contributed by atoms with Crippen LogP contribution in [0.15, 0.2) is 30.3 Å². The molecule has 0 heterocycles. The van der Waals surface area contributed by atoms with Crippen molar-refractivity contribution in [2.75, 3.05) is 14.1 Å². The van der Waals surface area contributed by atoms with E-state index in [0.717, 1.165) is 12.5 Å². The summed E-state index contributed by atoms with van der Waals surface area (Å²) in [6, 6.07) is 7.42. The van der Waals surface area contributed by atoms with E-state index < -0.39 is 53.0 Å². The third-order valence-electron chi connectivity index (χ3n) is 6.27. The molecule has 1 aromatic carbocycles. The molecule has 0 amide bonds. The molecule has 184 valence electrons. The first-order valence-corrected chi connectivity index (χ1v) is 10.9. The molecule has 5 atom stereocenters. The van der Waals surface area contributed by atoms with Crippen LogP contribution in [0, 0.1) is 5.92 Å². The van der Waals surface area contributed by atoms with E-state index in [1.807, 2.05) is 37.3 Å². The number of carbonyl (C=O) groups excluding carboxylic acids is 3. The average molecular weight is 465 g/mol. The summed E-state index contributed by atoms with van der Waals surface area (Å²) in [5.74, 6) is -5.52. The molecule has 9 nitrogen and oxygen atoms in total. The Morgan fingerprint density at radius 1 is 1.09 bits per heavy atom. The predicted molar refractivity (Wildman–Crippen MR) is 123 cm³/mol. The van der Waals surface area contributed by atoms with Gasteiger partial charge in [0.15, 0.2) is 17.2 Å². The van der Waals surface area contributed by atoms with Crippen LogP contribution in [-0.2, 0) is 25.7 Å². The molecule has 0 aliphatic rings. The summed E-state index contributed by atoms with van der Waals surface area (Å²) in [6.45, 7) is 6.27. The standard InChI is InChI=1S/C24H36N2O7/c1-7-15(2)19(25-5)18(27)13-24(33,22(30)31)21(29)23(4,32)20(28)16(3)26(6)14-17-11-9-8-10-12-17/h8-12,15-16,19,25,32-33H,7,13-14H2,1-6H3,(H,30,31)/t15?,16-,19-,23?,24?/m0/s1. The van der Waals surface area contributed by atoms with Gasteiger partial charge in [-0.25, -0.2) is 4.79 Å². The normalized spacial score (nSPS) is 18.0. The number of nitrogens with one attached hydrogen (secondary N) is 1. The third kappa shape index (κ3) is 6.54. The molecule has 0 aliphatic carbocycles. The van der Waals surface area contributed by atoms with Gasteiger partial charge in [-0.3, -0.25) is 19.3 Å². The molecule has 0 bridgehead atoms. The van der Waals surface area contributed by atoms with E-state index >= 15 is 0 Å². The van der Waals surface area contributed by atoms with Crippen molar-refractivity contribution >= 4 is 23.3 Å². The van der Waals surface area contributed by atoms with Gasteiger partial charge < -0.3 is 20.6 Å². The van der Waals surface area contributed by atoms with Gasteiger partial charge in [-0.1, -0.05) is 50.6 Å². The Balaban J connectivity index is 3.14. The summed E-state index contributed by atoms with van der Waals surface area (Å²) >= 11 is 0. The van der Waals surface area contributed by atoms with Crippen LogP contribution in [0.1, 0.15) is 46.1 Å². The van der Waals surface area contributed by atoms with E-state index in [1.165, 1.54) is 14.0 Å². The lowest BCUT2D eigenvalue weighted by atomic mass is 9.77. The maximum atomic E-state index is 13.0. The number of carboxylic acid groups (broad SMARTS) is 1. The second-order valence-electron chi connectivity index (χ2n) is 8.80. The van der Waals surface area contributed by atoms with E-state index in [1.54, 1.807) is 18.9 Å². The van der Waals surface area contributed by atoms with Crippen LogP contribution in [0.5, 0.6) is 0 Å². The molecule has 33 heavy (non-hydrogen) atoms. The summed E-state index contributed by atoms with van der Waals surface area (Å²) in [5, 5.41) is 33.9. The monoisotopic (exact) mass is 464 g/mol. The van der Waals surface area contributed by atoms with Gasteiger partial charge in [0, 0.05) is 6.54 Å². The molecule has 1 rings (SSSR count). The Morgan fingerprint density at radius 3 is 2.09 bits per heavy atom. The van der Waals surface area contributed by atoms with Gasteiger partial charge in [0.2, 0.25) is 11.4 Å². The summed E-state index contributed by atoms with van der Waals surface area (Å²) in [7, 11) is 3.13. The van der Waals surface area contributed by atoms with Crippen LogP contribution in [-0.4, -0.2) is 80.9 Å². The highest BCUT2D eigenvalue weighted by Crippen LogP contribution is 2.26. The van der Waals surface area contributed by atoms with Crippen LogP contribution in [0.4, 0.5) is 0 Å². The Kier molecular flexibility index (Phi) is 10.0. The number of aliphatic carboxylic acids is 1. The second-order valence-corrected chi connectivity index (χ2v) is 8.80. The molecule has 9 heteroatoms. The minimum Gasteiger partial charge on any atom is -0.479 e. The second kappa shape index (κ2) is 11.6. The van der Waals surface area contributed by atoms with Gasteiger partial charge in [-0.2, -0.15) is 0 Å². The van der Waals surface area contributed by atoms with E-state index in [9.17, 15) is 34.5 Å². The molecule has 4 N–H and O–H groups in total. The lowest BCUT2D eigenvalue weighted by Gasteiger charge is -2.34. The smallest absolute Gasteiger partial charge is 0.344 e.